The molecule has 0 fully saturated rings. The average Bonchev–Trinajstić information content (AvgIpc) is 3.22. The summed E-state index contributed by atoms with van der Waals surface area (Å²) in [5.74, 6) is -0.286. The first-order valence-corrected chi connectivity index (χ1v) is 11.0. The molecule has 0 aliphatic heterocycles. The van der Waals surface area contributed by atoms with E-state index in [0.717, 1.165) is 35.9 Å². The van der Waals surface area contributed by atoms with E-state index in [2.05, 4.69) is 21.1 Å². The van der Waals surface area contributed by atoms with Crippen molar-refractivity contribution in [3.05, 3.63) is 77.6 Å². The molecule has 0 unspecified atom stereocenters. The fourth-order valence-electron chi connectivity index (χ4n) is 4.23. The summed E-state index contributed by atoms with van der Waals surface area (Å²) in [4.78, 5) is 18.3. The second-order valence-electron chi connectivity index (χ2n) is 8.06. The minimum Gasteiger partial charge on any atom is -0.406 e. The summed E-state index contributed by atoms with van der Waals surface area (Å²) in [6.45, 7) is 2.90. The number of carbonyl (C=O) groups excluding carboxylic acids is 1. The molecule has 1 atom stereocenters. The zero-order chi connectivity index (χ0) is 23.4. The highest BCUT2D eigenvalue weighted by molar-refractivity contribution is 5.98. The Bertz CT molecular complexity index is 1120. The molecule has 0 saturated carbocycles. The molecule has 5 nitrogen and oxygen atoms in total. The number of H-pyrrole nitrogens is 1. The number of likely N-dealkylation sites (N-methyl/N-ethyl adjacent to an activating group) is 1. The van der Waals surface area contributed by atoms with Crippen molar-refractivity contribution in [3.63, 3.8) is 0 Å². The highest BCUT2D eigenvalue weighted by atomic mass is 19.4. The van der Waals surface area contributed by atoms with Gasteiger partial charge in [-0.3, -0.25) is 4.79 Å². The Morgan fingerprint density at radius 2 is 2.00 bits per heavy atom. The number of allylic oxidation sites excluding steroid dienone is 1. The van der Waals surface area contributed by atoms with E-state index in [0.29, 0.717) is 24.3 Å². The highest BCUT2D eigenvalue weighted by Gasteiger charge is 2.31. The summed E-state index contributed by atoms with van der Waals surface area (Å²) < 4.78 is 41.4. The molecule has 3 aromatic rings. The number of benzene rings is 2. The number of ether oxygens (including phenoxy) is 1. The molecule has 1 aliphatic rings. The van der Waals surface area contributed by atoms with Gasteiger partial charge in [0.15, 0.2) is 0 Å². The van der Waals surface area contributed by atoms with Gasteiger partial charge in [0.2, 0.25) is 0 Å². The van der Waals surface area contributed by atoms with Crippen LogP contribution in [-0.4, -0.2) is 34.7 Å². The van der Waals surface area contributed by atoms with Crippen LogP contribution < -0.4 is 10.1 Å². The SMILES string of the molecule is CCN(C(=O)c1cc2ccccc2[nH]1)[C@@H]1C=C(NCc2cccc(OC(F)(F)F)c2)CCC1. The molecule has 4 rings (SSSR count). The van der Waals surface area contributed by atoms with Gasteiger partial charge >= 0.3 is 6.36 Å². The number of hydrogen-bond donors (Lipinski definition) is 2. The zero-order valence-electron chi connectivity index (χ0n) is 18.3. The molecule has 8 heteroatoms. The summed E-state index contributed by atoms with van der Waals surface area (Å²) in [6.07, 6.45) is -0.0552. The number of nitrogens with one attached hydrogen (secondary N) is 2. The van der Waals surface area contributed by atoms with Crippen LogP contribution in [0.1, 0.15) is 42.2 Å². The lowest BCUT2D eigenvalue weighted by Gasteiger charge is -2.32. The summed E-state index contributed by atoms with van der Waals surface area (Å²) in [6, 6.07) is 15.5. The largest absolute Gasteiger partial charge is 0.573 e. The number of aromatic amines is 1. The maximum absolute atomic E-state index is 13.2. The van der Waals surface area contributed by atoms with Gasteiger partial charge in [-0.15, -0.1) is 13.2 Å². The number of alkyl halides is 3. The summed E-state index contributed by atoms with van der Waals surface area (Å²) in [7, 11) is 0. The molecular formula is C25H26F3N3O2. The molecule has 174 valence electrons. The molecule has 2 N–H and O–H groups in total. The quantitative estimate of drug-likeness (QED) is 0.475. The van der Waals surface area contributed by atoms with Crippen LogP contribution >= 0.6 is 0 Å². The first-order chi connectivity index (χ1) is 15.8. The Labute approximate surface area is 190 Å². The fraction of sp³-hybridized carbons (Fsp3) is 0.320. The fourth-order valence-corrected chi connectivity index (χ4v) is 4.23. The van der Waals surface area contributed by atoms with E-state index in [-0.39, 0.29) is 17.7 Å². The maximum Gasteiger partial charge on any atom is 0.573 e. The lowest BCUT2D eigenvalue weighted by molar-refractivity contribution is -0.274. The van der Waals surface area contributed by atoms with Crippen LogP contribution in [0.15, 0.2) is 66.4 Å². The van der Waals surface area contributed by atoms with Crippen LogP contribution in [-0.2, 0) is 6.54 Å². The van der Waals surface area contributed by atoms with Gasteiger partial charge < -0.3 is 19.9 Å². The zero-order valence-corrected chi connectivity index (χ0v) is 18.3. The van der Waals surface area contributed by atoms with Crippen molar-refractivity contribution in [1.29, 1.82) is 0 Å². The molecule has 2 aromatic carbocycles. The van der Waals surface area contributed by atoms with E-state index < -0.39 is 6.36 Å². The topological polar surface area (TPSA) is 57.4 Å². The number of carbonyl (C=O) groups is 1. The number of aromatic nitrogens is 1. The third kappa shape index (κ3) is 5.69. The van der Waals surface area contributed by atoms with Crippen molar-refractivity contribution >= 4 is 16.8 Å². The number of rotatable bonds is 7. The normalized spacial score (nSPS) is 16.4. The van der Waals surface area contributed by atoms with E-state index in [9.17, 15) is 18.0 Å². The number of nitrogens with zero attached hydrogens (tertiary/aromatic N) is 1. The number of para-hydroxylation sites is 1. The van der Waals surface area contributed by atoms with Gasteiger partial charge in [0.05, 0.1) is 6.04 Å². The highest BCUT2D eigenvalue weighted by Crippen LogP contribution is 2.25. The lowest BCUT2D eigenvalue weighted by Crippen LogP contribution is -2.41. The third-order valence-corrected chi connectivity index (χ3v) is 5.75. The smallest absolute Gasteiger partial charge is 0.406 e. The molecule has 0 bridgehead atoms. The Morgan fingerprint density at radius 1 is 1.18 bits per heavy atom. The van der Waals surface area contributed by atoms with Crippen LogP contribution in [0.3, 0.4) is 0 Å². The molecule has 1 amide bonds. The number of amides is 1. The Balaban J connectivity index is 1.44. The van der Waals surface area contributed by atoms with Gasteiger partial charge in [-0.05, 0) is 62.1 Å². The first kappa shape index (κ1) is 22.8. The standard InChI is InChI=1S/C25H26F3N3O2/c1-2-31(24(32)23-14-18-8-3-4-12-22(18)30-23)20-10-6-9-19(15-20)29-16-17-7-5-11-21(13-17)33-25(26,27)28/h3-5,7-8,11-15,20,29-30H,2,6,9-10,16H2,1H3/t20-/m0/s1. The molecule has 1 heterocycles. The second-order valence-corrected chi connectivity index (χ2v) is 8.06. The van der Waals surface area contributed by atoms with Gasteiger partial charge in [-0.1, -0.05) is 30.3 Å². The van der Waals surface area contributed by atoms with Gasteiger partial charge in [0, 0.05) is 29.7 Å². The number of fused-ring (bicyclic) bond motifs is 1. The Hall–Kier alpha value is -3.42. The van der Waals surface area contributed by atoms with Crippen molar-refractivity contribution in [2.75, 3.05) is 6.54 Å². The first-order valence-electron chi connectivity index (χ1n) is 11.0. The molecule has 0 saturated heterocycles. The van der Waals surface area contributed by atoms with Crippen LogP contribution in [0.25, 0.3) is 10.9 Å². The summed E-state index contributed by atoms with van der Waals surface area (Å²) in [5.41, 5.74) is 3.15. The van der Waals surface area contributed by atoms with Gasteiger partial charge in [-0.25, -0.2) is 0 Å². The number of hydrogen-bond acceptors (Lipinski definition) is 3. The van der Waals surface area contributed by atoms with E-state index >= 15 is 0 Å². The lowest BCUT2D eigenvalue weighted by atomic mass is 9.98. The minimum absolute atomic E-state index is 0.0480. The van der Waals surface area contributed by atoms with Crippen molar-refractivity contribution in [1.82, 2.24) is 15.2 Å². The van der Waals surface area contributed by atoms with Gasteiger partial charge in [0.25, 0.3) is 5.91 Å². The Kier molecular flexibility index (Phi) is 6.62. The predicted octanol–water partition coefficient (Wildman–Crippen LogP) is 5.75. The van der Waals surface area contributed by atoms with Gasteiger partial charge in [0.1, 0.15) is 11.4 Å². The van der Waals surface area contributed by atoms with Crippen LogP contribution in [0.2, 0.25) is 0 Å². The Morgan fingerprint density at radius 3 is 2.76 bits per heavy atom. The van der Waals surface area contributed by atoms with Crippen molar-refractivity contribution in [3.8, 4) is 5.75 Å². The van der Waals surface area contributed by atoms with Gasteiger partial charge in [-0.2, -0.15) is 0 Å². The molecular weight excluding hydrogens is 431 g/mol. The van der Waals surface area contributed by atoms with Crippen molar-refractivity contribution in [2.24, 2.45) is 0 Å². The second kappa shape index (κ2) is 9.60. The number of halogens is 3. The van der Waals surface area contributed by atoms with E-state index in [1.807, 2.05) is 42.2 Å². The van der Waals surface area contributed by atoms with Crippen molar-refractivity contribution < 1.29 is 22.7 Å². The third-order valence-electron chi connectivity index (χ3n) is 5.75. The molecule has 1 aromatic heterocycles. The molecule has 0 radical (unpaired) electrons. The maximum atomic E-state index is 13.2. The van der Waals surface area contributed by atoms with Crippen molar-refractivity contribution in [2.45, 2.75) is 45.1 Å². The molecule has 33 heavy (non-hydrogen) atoms. The monoisotopic (exact) mass is 457 g/mol. The van der Waals surface area contributed by atoms with Crippen LogP contribution in [0, 0.1) is 0 Å². The van der Waals surface area contributed by atoms with E-state index in [4.69, 9.17) is 0 Å². The molecule has 1 aliphatic carbocycles. The van der Waals surface area contributed by atoms with Crippen LogP contribution in [0.5, 0.6) is 5.75 Å². The van der Waals surface area contributed by atoms with E-state index in [1.54, 1.807) is 6.07 Å². The summed E-state index contributed by atoms with van der Waals surface area (Å²) in [5, 5.41) is 4.31. The minimum atomic E-state index is -4.72. The van der Waals surface area contributed by atoms with E-state index in [1.165, 1.54) is 18.2 Å². The predicted molar refractivity (Wildman–Crippen MR) is 121 cm³/mol. The van der Waals surface area contributed by atoms with Crippen LogP contribution in [0.4, 0.5) is 13.2 Å². The molecule has 0 spiro atoms. The summed E-state index contributed by atoms with van der Waals surface area (Å²) >= 11 is 0. The average molecular weight is 457 g/mol.